The van der Waals surface area contributed by atoms with Crippen LogP contribution in [0, 0.1) is 5.82 Å². The van der Waals surface area contributed by atoms with Gasteiger partial charge in [0.15, 0.2) is 0 Å². The number of nitrogens with two attached hydrogens (primary N) is 1. The Balaban J connectivity index is 2.24. The highest BCUT2D eigenvalue weighted by atomic mass is 19.4. The second-order valence-electron chi connectivity index (χ2n) is 4.83. The maximum absolute atomic E-state index is 13.9. The van der Waals surface area contributed by atoms with Gasteiger partial charge in [-0.2, -0.15) is 13.2 Å². The molecule has 0 fully saturated rings. The van der Waals surface area contributed by atoms with Crippen molar-refractivity contribution in [2.45, 2.75) is 18.6 Å². The van der Waals surface area contributed by atoms with Crippen LogP contribution in [0.2, 0.25) is 0 Å². The fourth-order valence-corrected chi connectivity index (χ4v) is 2.01. The summed E-state index contributed by atoms with van der Waals surface area (Å²) in [6.07, 6.45) is -9.55. The Labute approximate surface area is 131 Å². The molecule has 2 rings (SSSR count). The van der Waals surface area contributed by atoms with Crippen molar-refractivity contribution in [3.63, 3.8) is 0 Å². The minimum atomic E-state index is -4.86. The Hall–Kier alpha value is -2.29. The molecule has 0 aromatic heterocycles. The smallest absolute Gasteiger partial charge is 0.406 e. The third-order valence-corrected chi connectivity index (χ3v) is 3.14. The van der Waals surface area contributed by atoms with Gasteiger partial charge < -0.3 is 10.5 Å². The van der Waals surface area contributed by atoms with Crippen LogP contribution in [0.5, 0.6) is 5.75 Å². The Morgan fingerprint density at radius 1 is 0.875 bits per heavy atom. The predicted octanol–water partition coefficient (Wildman–Crippen LogP) is 4.79. The summed E-state index contributed by atoms with van der Waals surface area (Å²) in [6.45, 7) is 0. The molecule has 2 nitrogen and oxygen atoms in total. The fourth-order valence-electron chi connectivity index (χ4n) is 2.01. The van der Waals surface area contributed by atoms with E-state index in [2.05, 4.69) is 4.74 Å². The Bertz CT molecular complexity index is 707. The first-order chi connectivity index (χ1) is 11.0. The summed E-state index contributed by atoms with van der Waals surface area (Å²) in [4.78, 5) is 0. The lowest BCUT2D eigenvalue weighted by atomic mass is 9.98. The minimum Gasteiger partial charge on any atom is -0.406 e. The van der Waals surface area contributed by atoms with Crippen LogP contribution in [-0.4, -0.2) is 6.36 Å². The average Bonchev–Trinajstić information content (AvgIpc) is 2.44. The molecule has 0 amide bonds. The van der Waals surface area contributed by atoms with E-state index < -0.39 is 35.7 Å². The highest BCUT2D eigenvalue weighted by Gasteiger charge is 2.32. The lowest BCUT2D eigenvalue weighted by Crippen LogP contribution is -2.17. The van der Waals surface area contributed by atoms with Gasteiger partial charge in [-0.05, 0) is 29.8 Å². The van der Waals surface area contributed by atoms with Crippen LogP contribution in [0.15, 0.2) is 42.5 Å². The first-order valence-electron chi connectivity index (χ1n) is 6.45. The van der Waals surface area contributed by atoms with Crippen molar-refractivity contribution in [1.29, 1.82) is 0 Å². The molecule has 0 heterocycles. The summed E-state index contributed by atoms with van der Waals surface area (Å²) in [5.74, 6) is -1.65. The molecule has 2 aromatic carbocycles. The van der Waals surface area contributed by atoms with E-state index in [1.807, 2.05) is 0 Å². The molecule has 9 heteroatoms. The molecule has 1 atom stereocenters. The number of hydrogen-bond acceptors (Lipinski definition) is 2. The first kappa shape index (κ1) is 18.1. The molecule has 24 heavy (non-hydrogen) atoms. The molecule has 0 bridgehead atoms. The van der Waals surface area contributed by atoms with E-state index in [1.165, 1.54) is 12.1 Å². The van der Waals surface area contributed by atoms with Gasteiger partial charge in [-0.1, -0.05) is 18.2 Å². The first-order valence-corrected chi connectivity index (χ1v) is 6.45. The van der Waals surface area contributed by atoms with E-state index in [0.717, 1.165) is 18.2 Å². The van der Waals surface area contributed by atoms with Gasteiger partial charge in [0.05, 0.1) is 11.6 Å². The number of alkyl halides is 6. The van der Waals surface area contributed by atoms with Crippen LogP contribution < -0.4 is 10.5 Å². The van der Waals surface area contributed by atoms with Crippen LogP contribution in [0.3, 0.4) is 0 Å². The lowest BCUT2D eigenvalue weighted by molar-refractivity contribution is -0.274. The lowest BCUT2D eigenvalue weighted by Gasteiger charge is -2.16. The van der Waals surface area contributed by atoms with Gasteiger partial charge >= 0.3 is 12.5 Å². The molecule has 0 radical (unpaired) electrons. The molecule has 0 spiro atoms. The van der Waals surface area contributed by atoms with Crippen molar-refractivity contribution in [1.82, 2.24) is 0 Å². The highest BCUT2D eigenvalue weighted by molar-refractivity contribution is 5.37. The van der Waals surface area contributed by atoms with Crippen molar-refractivity contribution < 1.29 is 35.5 Å². The summed E-state index contributed by atoms with van der Waals surface area (Å²) in [7, 11) is 0. The zero-order valence-electron chi connectivity index (χ0n) is 11.8. The molecule has 0 saturated heterocycles. The molecule has 2 N–H and O–H groups in total. The van der Waals surface area contributed by atoms with Gasteiger partial charge in [-0.3, -0.25) is 0 Å². The van der Waals surface area contributed by atoms with E-state index in [4.69, 9.17) is 5.73 Å². The van der Waals surface area contributed by atoms with Crippen molar-refractivity contribution in [2.24, 2.45) is 5.73 Å². The zero-order chi connectivity index (χ0) is 18.1. The summed E-state index contributed by atoms with van der Waals surface area (Å²) in [5, 5.41) is 0. The van der Waals surface area contributed by atoms with Gasteiger partial charge in [0.2, 0.25) is 0 Å². The van der Waals surface area contributed by atoms with Crippen LogP contribution in [-0.2, 0) is 6.18 Å². The van der Waals surface area contributed by atoms with Crippen LogP contribution >= 0.6 is 0 Å². The van der Waals surface area contributed by atoms with Gasteiger partial charge in [-0.25, -0.2) is 4.39 Å². The van der Waals surface area contributed by atoms with E-state index in [1.54, 1.807) is 0 Å². The molecule has 0 aliphatic carbocycles. The maximum Gasteiger partial charge on any atom is 0.573 e. The summed E-state index contributed by atoms with van der Waals surface area (Å²) in [6, 6.07) is 5.03. The predicted molar refractivity (Wildman–Crippen MR) is 70.6 cm³/mol. The second kappa shape index (κ2) is 6.31. The highest BCUT2D eigenvalue weighted by Crippen LogP contribution is 2.32. The quantitative estimate of drug-likeness (QED) is 0.805. The van der Waals surface area contributed by atoms with Crippen molar-refractivity contribution in [2.75, 3.05) is 0 Å². The molecule has 0 aliphatic rings. The fraction of sp³-hybridized carbons (Fsp3) is 0.200. The zero-order valence-corrected chi connectivity index (χ0v) is 11.8. The summed E-state index contributed by atoms with van der Waals surface area (Å²) < 4.78 is 91.2. The molecule has 2 aromatic rings. The SMILES string of the molecule is N[C@H](c1ccc(OC(F)(F)F)cc1)c1ccc(C(F)(F)F)cc1F. The normalized spacial score (nSPS) is 13.7. The van der Waals surface area contributed by atoms with Crippen molar-refractivity contribution >= 4 is 0 Å². The van der Waals surface area contributed by atoms with Crippen molar-refractivity contribution in [3.05, 3.63) is 65.0 Å². The van der Waals surface area contributed by atoms with Gasteiger partial charge in [0.25, 0.3) is 0 Å². The number of ether oxygens (including phenoxy) is 1. The Morgan fingerprint density at radius 3 is 1.92 bits per heavy atom. The van der Waals surface area contributed by atoms with E-state index in [0.29, 0.717) is 12.1 Å². The van der Waals surface area contributed by atoms with Crippen LogP contribution in [0.1, 0.15) is 22.7 Å². The average molecular weight is 353 g/mol. The number of benzene rings is 2. The minimum absolute atomic E-state index is 0.211. The second-order valence-corrected chi connectivity index (χ2v) is 4.83. The molecular weight excluding hydrogens is 343 g/mol. The van der Waals surface area contributed by atoms with Gasteiger partial charge in [-0.15, -0.1) is 13.2 Å². The Kier molecular flexibility index (Phi) is 4.75. The third kappa shape index (κ3) is 4.38. The number of rotatable bonds is 3. The maximum atomic E-state index is 13.9. The van der Waals surface area contributed by atoms with Gasteiger partial charge in [0.1, 0.15) is 11.6 Å². The standard InChI is InChI=1S/C15H10F7NO/c16-12-7-9(14(17,18)19)3-6-11(12)13(23)8-1-4-10(5-2-8)24-15(20,21)22/h1-7,13H,23H2/t13-/m1/s1. The molecule has 0 unspecified atom stereocenters. The molecular formula is C15H10F7NO. The molecule has 0 saturated carbocycles. The Morgan fingerprint density at radius 2 is 1.46 bits per heavy atom. The summed E-state index contributed by atoms with van der Waals surface area (Å²) in [5.41, 5.74) is 4.60. The number of hydrogen-bond donors (Lipinski definition) is 1. The topological polar surface area (TPSA) is 35.2 Å². The monoisotopic (exact) mass is 353 g/mol. The van der Waals surface area contributed by atoms with E-state index in [-0.39, 0.29) is 11.1 Å². The molecule has 0 aliphatic heterocycles. The van der Waals surface area contributed by atoms with Gasteiger partial charge in [0, 0.05) is 5.56 Å². The van der Waals surface area contributed by atoms with E-state index in [9.17, 15) is 30.7 Å². The van der Waals surface area contributed by atoms with Crippen LogP contribution in [0.25, 0.3) is 0 Å². The third-order valence-electron chi connectivity index (χ3n) is 3.14. The largest absolute Gasteiger partial charge is 0.573 e. The van der Waals surface area contributed by atoms with E-state index >= 15 is 0 Å². The number of halogens is 7. The van der Waals surface area contributed by atoms with Crippen molar-refractivity contribution in [3.8, 4) is 5.75 Å². The molecule has 130 valence electrons. The van der Waals surface area contributed by atoms with Crippen LogP contribution in [0.4, 0.5) is 30.7 Å². The summed E-state index contributed by atoms with van der Waals surface area (Å²) >= 11 is 0.